The zero-order chi connectivity index (χ0) is 28.9. The van der Waals surface area contributed by atoms with Crippen LogP contribution in [0.15, 0.2) is 95.9 Å². The average molecular weight is 568 g/mol. The van der Waals surface area contributed by atoms with E-state index >= 15 is 0 Å². The molecule has 0 unspecified atom stereocenters. The lowest BCUT2D eigenvalue weighted by Gasteiger charge is -2.17. The summed E-state index contributed by atoms with van der Waals surface area (Å²) in [5.74, 6) is -0.355. The Hall–Kier alpha value is -4.11. The molecule has 0 aromatic heterocycles. The Bertz CT molecular complexity index is 1620. The first kappa shape index (κ1) is 28.9. The molecule has 40 heavy (non-hydrogen) atoms. The Labute approximate surface area is 231 Å². The lowest BCUT2D eigenvalue weighted by molar-refractivity contribution is -0.139. The number of halogens is 3. The predicted molar refractivity (Wildman–Crippen MR) is 148 cm³/mol. The molecule has 0 radical (unpaired) electrons. The summed E-state index contributed by atoms with van der Waals surface area (Å²) >= 11 is 0. The Morgan fingerprint density at radius 2 is 1.57 bits per heavy atom. The van der Waals surface area contributed by atoms with E-state index in [0.29, 0.717) is 36.8 Å². The van der Waals surface area contributed by atoms with Crippen molar-refractivity contribution >= 4 is 15.9 Å². The molecule has 208 valence electrons. The predicted octanol–water partition coefficient (Wildman–Crippen LogP) is 6.98. The van der Waals surface area contributed by atoms with Crippen molar-refractivity contribution in [2.45, 2.75) is 37.8 Å². The molecule has 0 saturated heterocycles. The van der Waals surface area contributed by atoms with Crippen LogP contribution in [0.3, 0.4) is 0 Å². The van der Waals surface area contributed by atoms with Crippen molar-refractivity contribution in [3.8, 4) is 16.9 Å². The Morgan fingerprint density at radius 3 is 2.27 bits per heavy atom. The summed E-state index contributed by atoms with van der Waals surface area (Å²) in [5, 5.41) is 0. The van der Waals surface area contributed by atoms with Gasteiger partial charge < -0.3 is 4.74 Å². The van der Waals surface area contributed by atoms with Gasteiger partial charge in [0.2, 0.25) is 0 Å². The molecule has 9 heteroatoms. The highest BCUT2D eigenvalue weighted by atomic mass is 32.2. The van der Waals surface area contributed by atoms with Crippen molar-refractivity contribution in [2.24, 2.45) is 0 Å². The molecule has 0 fully saturated rings. The van der Waals surface area contributed by atoms with Gasteiger partial charge in [-0.05, 0) is 73.7 Å². The van der Waals surface area contributed by atoms with Gasteiger partial charge in [0.15, 0.2) is 0 Å². The first-order chi connectivity index (χ1) is 19.0. The van der Waals surface area contributed by atoms with Gasteiger partial charge in [-0.25, -0.2) is 13.1 Å². The highest BCUT2D eigenvalue weighted by Crippen LogP contribution is 2.35. The SMILES string of the molecule is CCOc1ccc(C)cc1-c1ccc(C(=O)NS(=O)(=O)c2ccccc2C(F)(F)F)c(CCc2ccccc2)c1. The summed E-state index contributed by atoms with van der Waals surface area (Å²) in [6.07, 6.45) is -3.97. The zero-order valence-electron chi connectivity index (χ0n) is 22.0. The highest BCUT2D eigenvalue weighted by molar-refractivity contribution is 7.90. The molecule has 0 bridgehead atoms. The second-order valence-electron chi connectivity index (χ2n) is 9.22. The van der Waals surface area contributed by atoms with Crippen LogP contribution >= 0.6 is 0 Å². The average Bonchev–Trinajstić information content (AvgIpc) is 2.92. The topological polar surface area (TPSA) is 72.5 Å². The Kier molecular flexibility index (Phi) is 8.64. The summed E-state index contributed by atoms with van der Waals surface area (Å²) in [7, 11) is -4.83. The van der Waals surface area contributed by atoms with E-state index in [1.807, 2.05) is 67.1 Å². The normalized spacial score (nSPS) is 11.7. The van der Waals surface area contributed by atoms with E-state index in [0.717, 1.165) is 34.4 Å². The van der Waals surface area contributed by atoms with Crippen molar-refractivity contribution in [1.29, 1.82) is 0 Å². The quantitative estimate of drug-likeness (QED) is 0.237. The number of aryl methyl sites for hydroxylation is 3. The first-order valence-corrected chi connectivity index (χ1v) is 14.1. The van der Waals surface area contributed by atoms with Crippen molar-refractivity contribution < 1.29 is 31.1 Å². The highest BCUT2D eigenvalue weighted by Gasteiger charge is 2.37. The maximum Gasteiger partial charge on any atom is 0.417 e. The van der Waals surface area contributed by atoms with Crippen LogP contribution in [0.1, 0.15) is 39.5 Å². The molecule has 1 amide bonds. The number of carbonyl (C=O) groups excluding carboxylic acids is 1. The van der Waals surface area contributed by atoms with E-state index in [9.17, 15) is 26.4 Å². The smallest absolute Gasteiger partial charge is 0.417 e. The molecule has 0 saturated carbocycles. The van der Waals surface area contributed by atoms with Gasteiger partial charge in [-0.1, -0.05) is 66.2 Å². The number of benzene rings is 4. The van der Waals surface area contributed by atoms with Gasteiger partial charge >= 0.3 is 6.18 Å². The Balaban J connectivity index is 1.74. The van der Waals surface area contributed by atoms with Crippen molar-refractivity contribution in [2.75, 3.05) is 6.61 Å². The second kappa shape index (κ2) is 12.0. The van der Waals surface area contributed by atoms with Crippen LogP contribution in [0.25, 0.3) is 11.1 Å². The summed E-state index contributed by atoms with van der Waals surface area (Å²) in [6.45, 7) is 4.27. The zero-order valence-corrected chi connectivity index (χ0v) is 22.8. The number of hydrogen-bond donors (Lipinski definition) is 1. The number of amides is 1. The molecule has 5 nitrogen and oxygen atoms in total. The van der Waals surface area contributed by atoms with E-state index < -0.39 is 32.6 Å². The lowest BCUT2D eigenvalue weighted by Crippen LogP contribution is -2.32. The van der Waals surface area contributed by atoms with Crippen molar-refractivity contribution in [1.82, 2.24) is 4.72 Å². The maximum atomic E-state index is 13.5. The van der Waals surface area contributed by atoms with Gasteiger partial charge in [-0.3, -0.25) is 4.79 Å². The van der Waals surface area contributed by atoms with Crippen LogP contribution in [0.5, 0.6) is 5.75 Å². The minimum Gasteiger partial charge on any atom is -0.493 e. The monoisotopic (exact) mass is 567 g/mol. The third kappa shape index (κ3) is 6.71. The van der Waals surface area contributed by atoms with Crippen molar-refractivity contribution in [3.05, 3.63) is 119 Å². The summed E-state index contributed by atoms with van der Waals surface area (Å²) < 4.78 is 74.1. The maximum absolute atomic E-state index is 13.5. The van der Waals surface area contributed by atoms with Crippen LogP contribution in [-0.4, -0.2) is 20.9 Å². The number of ether oxygens (including phenoxy) is 1. The molecule has 0 spiro atoms. The van der Waals surface area contributed by atoms with E-state index in [4.69, 9.17) is 4.74 Å². The second-order valence-corrected chi connectivity index (χ2v) is 10.9. The number of carbonyl (C=O) groups is 1. The van der Waals surface area contributed by atoms with Gasteiger partial charge in [0, 0.05) is 11.1 Å². The molecule has 0 aliphatic heterocycles. The molecule has 0 atom stereocenters. The van der Waals surface area contributed by atoms with Crippen LogP contribution in [0.4, 0.5) is 13.2 Å². The van der Waals surface area contributed by atoms with Crippen LogP contribution < -0.4 is 9.46 Å². The fourth-order valence-electron chi connectivity index (χ4n) is 4.43. The minimum absolute atomic E-state index is 0.0540. The molecule has 0 aliphatic carbocycles. The molecule has 4 rings (SSSR count). The molecular weight excluding hydrogens is 539 g/mol. The molecule has 4 aromatic rings. The van der Waals surface area contributed by atoms with Gasteiger partial charge in [0.05, 0.1) is 17.1 Å². The molecule has 0 heterocycles. The summed E-state index contributed by atoms with van der Waals surface area (Å²) in [6, 6.07) is 24.0. The fraction of sp³-hybridized carbons (Fsp3) is 0.194. The van der Waals surface area contributed by atoms with Crippen LogP contribution in [-0.2, 0) is 29.0 Å². The number of nitrogens with one attached hydrogen (secondary N) is 1. The molecule has 4 aromatic carbocycles. The first-order valence-electron chi connectivity index (χ1n) is 12.6. The van der Waals surface area contributed by atoms with Gasteiger partial charge in [-0.15, -0.1) is 0 Å². The van der Waals surface area contributed by atoms with Crippen LogP contribution in [0, 0.1) is 6.92 Å². The Morgan fingerprint density at radius 1 is 0.875 bits per heavy atom. The van der Waals surface area contributed by atoms with Gasteiger partial charge in [-0.2, -0.15) is 13.2 Å². The van der Waals surface area contributed by atoms with E-state index in [1.165, 1.54) is 12.1 Å². The fourth-order valence-corrected chi connectivity index (χ4v) is 5.63. The number of rotatable bonds is 9. The van der Waals surface area contributed by atoms with E-state index in [1.54, 1.807) is 12.1 Å². The van der Waals surface area contributed by atoms with Crippen LogP contribution in [0.2, 0.25) is 0 Å². The molecule has 1 N–H and O–H groups in total. The van der Waals surface area contributed by atoms with E-state index in [-0.39, 0.29) is 5.56 Å². The van der Waals surface area contributed by atoms with Crippen molar-refractivity contribution in [3.63, 3.8) is 0 Å². The van der Waals surface area contributed by atoms with Gasteiger partial charge in [0.25, 0.3) is 15.9 Å². The largest absolute Gasteiger partial charge is 0.493 e. The third-order valence-electron chi connectivity index (χ3n) is 6.33. The molecular formula is C31H28F3NO4S. The summed E-state index contributed by atoms with van der Waals surface area (Å²) in [5.41, 5.74) is 2.83. The number of alkyl halides is 3. The third-order valence-corrected chi connectivity index (χ3v) is 7.72. The van der Waals surface area contributed by atoms with Gasteiger partial charge in [0.1, 0.15) is 5.75 Å². The number of sulfonamides is 1. The standard InChI is InChI=1S/C31H28F3NO4S/c1-3-39-28-18-13-21(2)19-26(28)24-16-17-25(23(20-24)15-14-22-9-5-4-6-10-22)30(36)35-40(37,38)29-12-8-7-11-27(29)31(32,33)34/h4-13,16-20H,3,14-15H2,1-2H3,(H,35,36). The molecule has 0 aliphatic rings. The number of hydrogen-bond acceptors (Lipinski definition) is 4. The summed E-state index contributed by atoms with van der Waals surface area (Å²) in [4.78, 5) is 12.3. The lowest BCUT2D eigenvalue weighted by atomic mass is 9.94. The van der Waals surface area contributed by atoms with E-state index in [2.05, 4.69) is 0 Å². The minimum atomic E-state index is -4.91.